The molecule has 42 heavy (non-hydrogen) atoms. The summed E-state index contributed by atoms with van der Waals surface area (Å²) in [7, 11) is 1.32. The number of ether oxygens (including phenoxy) is 4. The van der Waals surface area contributed by atoms with Crippen LogP contribution in [0.1, 0.15) is 29.2 Å². The van der Waals surface area contributed by atoms with Gasteiger partial charge in [-0.15, -0.1) is 0 Å². The lowest BCUT2D eigenvalue weighted by molar-refractivity contribution is -0.145. The third kappa shape index (κ3) is 6.57. The number of methoxy groups -OCH3 is 1. The van der Waals surface area contributed by atoms with Gasteiger partial charge in [0.15, 0.2) is 6.04 Å². The SMILES string of the molecule is CCc1c(OCc2ccccc2)cc(OCc2ccccc2)c(-c2ccccc2)c1CCN1C(=O)OCC1C(=O)OC. The van der Waals surface area contributed by atoms with Crippen LogP contribution in [0.25, 0.3) is 11.1 Å². The Morgan fingerprint density at radius 1 is 0.833 bits per heavy atom. The van der Waals surface area contributed by atoms with Crippen LogP contribution in [0.4, 0.5) is 4.79 Å². The first-order valence-electron chi connectivity index (χ1n) is 14.2. The second-order valence-electron chi connectivity index (χ2n) is 10.0. The largest absolute Gasteiger partial charge is 0.488 e. The minimum Gasteiger partial charge on any atom is -0.488 e. The van der Waals surface area contributed by atoms with Crippen molar-refractivity contribution >= 4 is 12.1 Å². The Morgan fingerprint density at radius 2 is 1.40 bits per heavy atom. The number of hydrogen-bond acceptors (Lipinski definition) is 6. The summed E-state index contributed by atoms with van der Waals surface area (Å²) in [5, 5.41) is 0. The zero-order valence-corrected chi connectivity index (χ0v) is 24.0. The Kier molecular flexibility index (Phi) is 9.39. The van der Waals surface area contributed by atoms with Crippen LogP contribution in [0.2, 0.25) is 0 Å². The minimum absolute atomic E-state index is 0.0245. The van der Waals surface area contributed by atoms with Crippen LogP contribution >= 0.6 is 0 Å². The molecule has 1 fully saturated rings. The second-order valence-corrected chi connectivity index (χ2v) is 10.0. The van der Waals surface area contributed by atoms with Crippen molar-refractivity contribution in [1.82, 2.24) is 4.90 Å². The highest BCUT2D eigenvalue weighted by atomic mass is 16.6. The van der Waals surface area contributed by atoms with Gasteiger partial charge in [0.05, 0.1) is 7.11 Å². The molecule has 0 aliphatic carbocycles. The van der Waals surface area contributed by atoms with Crippen molar-refractivity contribution in [3.05, 3.63) is 119 Å². The first-order chi connectivity index (χ1) is 20.6. The molecule has 1 heterocycles. The first kappa shape index (κ1) is 28.7. The molecule has 0 radical (unpaired) electrons. The van der Waals surface area contributed by atoms with E-state index in [9.17, 15) is 9.59 Å². The number of amides is 1. The van der Waals surface area contributed by atoms with Gasteiger partial charge in [-0.3, -0.25) is 4.90 Å². The molecule has 1 atom stereocenters. The van der Waals surface area contributed by atoms with E-state index in [2.05, 4.69) is 19.1 Å². The van der Waals surface area contributed by atoms with Gasteiger partial charge < -0.3 is 18.9 Å². The summed E-state index contributed by atoms with van der Waals surface area (Å²) in [6.45, 7) is 3.12. The maximum atomic E-state index is 12.6. The van der Waals surface area contributed by atoms with Gasteiger partial charge in [-0.1, -0.05) is 97.9 Å². The lowest BCUT2D eigenvalue weighted by Crippen LogP contribution is -2.41. The molecule has 0 bridgehead atoms. The zero-order chi connectivity index (χ0) is 29.3. The fourth-order valence-corrected chi connectivity index (χ4v) is 5.29. The summed E-state index contributed by atoms with van der Waals surface area (Å²) in [6.07, 6.45) is 0.630. The summed E-state index contributed by atoms with van der Waals surface area (Å²) in [4.78, 5) is 26.5. The van der Waals surface area contributed by atoms with Crippen LogP contribution in [0.5, 0.6) is 11.5 Å². The van der Waals surface area contributed by atoms with E-state index in [-0.39, 0.29) is 13.2 Å². The standard InChI is InChI=1S/C35H35NO6/c1-3-28-29(19-20-36-30(34(37)39-2)24-42-35(36)38)33(27-17-11-6-12-18-27)32(41-23-26-15-9-5-10-16-26)21-31(28)40-22-25-13-7-4-8-14-25/h4-18,21,30H,3,19-20,22-24H2,1-2H3. The monoisotopic (exact) mass is 565 g/mol. The number of benzene rings is 4. The number of carbonyl (C=O) groups excluding carboxylic acids is 2. The van der Waals surface area contributed by atoms with Gasteiger partial charge in [-0.25, -0.2) is 9.59 Å². The lowest BCUT2D eigenvalue weighted by Gasteiger charge is -2.25. The molecule has 5 rings (SSSR count). The molecule has 1 saturated heterocycles. The Morgan fingerprint density at radius 3 is 1.98 bits per heavy atom. The molecular formula is C35H35NO6. The van der Waals surface area contributed by atoms with Crippen molar-refractivity contribution in [2.45, 2.75) is 39.0 Å². The Bertz CT molecular complexity index is 1490. The number of rotatable bonds is 12. The normalized spacial score (nSPS) is 14.4. The Hall–Kier alpha value is -4.78. The maximum absolute atomic E-state index is 12.6. The summed E-state index contributed by atoms with van der Waals surface area (Å²) in [5.41, 5.74) is 6.07. The van der Waals surface area contributed by atoms with E-state index >= 15 is 0 Å². The van der Waals surface area contributed by atoms with Crippen LogP contribution in [0, 0.1) is 0 Å². The number of hydrogen-bond donors (Lipinski definition) is 0. The van der Waals surface area contributed by atoms with Crippen LogP contribution in [-0.4, -0.2) is 43.3 Å². The van der Waals surface area contributed by atoms with Gasteiger partial charge >= 0.3 is 12.1 Å². The maximum Gasteiger partial charge on any atom is 0.410 e. The summed E-state index contributed by atoms with van der Waals surface area (Å²) < 4.78 is 23.1. The molecule has 0 spiro atoms. The van der Waals surface area contributed by atoms with Crippen molar-refractivity contribution < 1.29 is 28.5 Å². The summed E-state index contributed by atoms with van der Waals surface area (Å²) >= 11 is 0. The van der Waals surface area contributed by atoms with Crippen LogP contribution < -0.4 is 9.47 Å². The van der Waals surface area contributed by atoms with Gasteiger partial charge in [0, 0.05) is 18.2 Å². The molecule has 7 heteroatoms. The average Bonchev–Trinajstić information content (AvgIpc) is 3.42. The fraction of sp³-hybridized carbons (Fsp3) is 0.257. The molecule has 0 N–H and O–H groups in total. The van der Waals surface area contributed by atoms with Gasteiger partial charge in [0.25, 0.3) is 0 Å². The predicted octanol–water partition coefficient (Wildman–Crippen LogP) is 6.61. The average molecular weight is 566 g/mol. The van der Waals surface area contributed by atoms with Crippen molar-refractivity contribution in [3.63, 3.8) is 0 Å². The molecule has 1 aliphatic rings. The molecule has 1 aliphatic heterocycles. The lowest BCUT2D eigenvalue weighted by atomic mass is 9.90. The van der Waals surface area contributed by atoms with Crippen LogP contribution in [0.3, 0.4) is 0 Å². The molecular weight excluding hydrogens is 530 g/mol. The Balaban J connectivity index is 1.58. The van der Waals surface area contributed by atoms with Crippen molar-refractivity contribution in [2.24, 2.45) is 0 Å². The van der Waals surface area contributed by atoms with E-state index in [1.807, 2.05) is 84.9 Å². The highest BCUT2D eigenvalue weighted by molar-refractivity contribution is 5.84. The topological polar surface area (TPSA) is 74.3 Å². The van der Waals surface area contributed by atoms with E-state index < -0.39 is 18.1 Å². The van der Waals surface area contributed by atoms with E-state index in [4.69, 9.17) is 18.9 Å². The number of cyclic esters (lactones) is 1. The molecule has 0 aromatic heterocycles. The first-order valence-corrected chi connectivity index (χ1v) is 14.2. The van der Waals surface area contributed by atoms with Crippen molar-refractivity contribution in [3.8, 4) is 22.6 Å². The Labute approximate surface area is 246 Å². The van der Waals surface area contributed by atoms with Crippen LogP contribution in [0.15, 0.2) is 97.1 Å². The summed E-state index contributed by atoms with van der Waals surface area (Å²) in [5.74, 6) is 0.924. The summed E-state index contributed by atoms with van der Waals surface area (Å²) in [6, 6.07) is 31.3. The van der Waals surface area contributed by atoms with E-state index in [1.165, 1.54) is 12.0 Å². The number of nitrogens with zero attached hydrogens (tertiary/aromatic N) is 1. The smallest absolute Gasteiger partial charge is 0.410 e. The van der Waals surface area contributed by atoms with Crippen LogP contribution in [-0.2, 0) is 40.3 Å². The molecule has 1 amide bonds. The molecule has 1 unspecified atom stereocenters. The molecule has 7 nitrogen and oxygen atoms in total. The van der Waals surface area contributed by atoms with E-state index in [1.54, 1.807) is 0 Å². The van der Waals surface area contributed by atoms with Crippen molar-refractivity contribution in [1.29, 1.82) is 0 Å². The van der Waals surface area contributed by atoms with E-state index in [0.29, 0.717) is 31.8 Å². The zero-order valence-electron chi connectivity index (χ0n) is 24.0. The molecule has 0 saturated carbocycles. The quantitative estimate of drug-likeness (QED) is 0.180. The molecule has 4 aromatic carbocycles. The highest BCUT2D eigenvalue weighted by Crippen LogP contribution is 2.42. The third-order valence-electron chi connectivity index (χ3n) is 7.41. The van der Waals surface area contributed by atoms with Gasteiger partial charge in [0.1, 0.15) is 31.3 Å². The second kappa shape index (κ2) is 13.7. The van der Waals surface area contributed by atoms with Gasteiger partial charge in [-0.2, -0.15) is 0 Å². The fourth-order valence-electron chi connectivity index (χ4n) is 5.29. The van der Waals surface area contributed by atoms with Gasteiger partial charge in [-0.05, 0) is 40.7 Å². The third-order valence-corrected chi connectivity index (χ3v) is 7.41. The molecule has 216 valence electrons. The minimum atomic E-state index is -0.779. The predicted molar refractivity (Wildman–Crippen MR) is 160 cm³/mol. The van der Waals surface area contributed by atoms with Crippen molar-refractivity contribution in [2.75, 3.05) is 20.3 Å². The van der Waals surface area contributed by atoms with E-state index in [0.717, 1.165) is 39.1 Å². The number of esters is 1. The highest BCUT2D eigenvalue weighted by Gasteiger charge is 2.39. The van der Waals surface area contributed by atoms with Gasteiger partial charge in [0.2, 0.25) is 0 Å². The molecule has 4 aromatic rings. The number of carbonyl (C=O) groups is 2.